The Kier molecular flexibility index (Phi) is 6.50. The summed E-state index contributed by atoms with van der Waals surface area (Å²) in [5.41, 5.74) is 1.07. The molecule has 5 rings (SSSR count). The van der Waals surface area contributed by atoms with E-state index < -0.39 is 5.79 Å². The second-order valence-electron chi connectivity index (χ2n) is 9.37. The van der Waals surface area contributed by atoms with Gasteiger partial charge in [0.05, 0.1) is 18.3 Å². The van der Waals surface area contributed by atoms with E-state index in [0.717, 1.165) is 18.7 Å². The molecule has 36 heavy (non-hydrogen) atoms. The number of nitrogens with zero attached hydrogens (tertiary/aromatic N) is 4. The SMILES string of the molecule is C=CCNC(=O)c1ccc2c(n1)N(C(=O)Nc1cc(OC[C@H]3COC(C)(C)O3)ccn1)C1CCN2C1. The number of hydrogen-bond donors (Lipinski definition) is 2. The number of rotatable bonds is 7. The molecule has 3 aliphatic rings. The molecule has 11 heteroatoms. The first-order valence-electron chi connectivity index (χ1n) is 12.0. The Hall–Kier alpha value is -3.70. The molecule has 2 aromatic heterocycles. The highest BCUT2D eigenvalue weighted by atomic mass is 16.7. The van der Waals surface area contributed by atoms with Crippen molar-refractivity contribution in [1.82, 2.24) is 15.3 Å². The average Bonchev–Trinajstić information content (AvgIpc) is 3.44. The van der Waals surface area contributed by atoms with Gasteiger partial charge in [-0.2, -0.15) is 0 Å². The second kappa shape index (κ2) is 9.75. The third-order valence-electron chi connectivity index (χ3n) is 6.28. The number of fused-ring (bicyclic) bond motifs is 4. The van der Waals surface area contributed by atoms with Crippen LogP contribution in [0.15, 0.2) is 43.1 Å². The van der Waals surface area contributed by atoms with Crippen LogP contribution in [0.25, 0.3) is 0 Å². The van der Waals surface area contributed by atoms with Gasteiger partial charge in [0.25, 0.3) is 5.91 Å². The van der Waals surface area contributed by atoms with Crippen LogP contribution in [0.3, 0.4) is 0 Å². The van der Waals surface area contributed by atoms with Gasteiger partial charge in [0, 0.05) is 31.9 Å². The highest BCUT2D eigenvalue weighted by Gasteiger charge is 2.40. The molecule has 2 atom stereocenters. The number of ether oxygens (including phenoxy) is 3. The fourth-order valence-corrected chi connectivity index (χ4v) is 4.63. The summed E-state index contributed by atoms with van der Waals surface area (Å²) in [4.78, 5) is 38.6. The number of carbonyl (C=O) groups excluding carboxylic acids is 2. The first kappa shape index (κ1) is 24.0. The lowest BCUT2D eigenvalue weighted by atomic mass is 10.1. The van der Waals surface area contributed by atoms with Crippen LogP contribution in [-0.4, -0.2) is 72.7 Å². The normalized spacial score (nSPS) is 21.6. The fourth-order valence-electron chi connectivity index (χ4n) is 4.63. The molecule has 2 saturated heterocycles. The molecule has 11 nitrogen and oxygen atoms in total. The standard InChI is InChI=1S/C25H30N6O5/c1-4-9-27-23(32)19-5-6-20-22(28-19)31(16-8-11-30(20)13-16)24(33)29-21-12-17(7-10-26-21)34-14-18-15-35-25(2,3)36-18/h4-7,10,12,16,18H,1,8-9,11,13-15H2,2-3H3,(H,27,32)(H,26,29,33)/t16?,18-/m0/s1. The molecule has 0 aromatic carbocycles. The summed E-state index contributed by atoms with van der Waals surface area (Å²) >= 11 is 0. The van der Waals surface area contributed by atoms with Crippen molar-refractivity contribution in [3.8, 4) is 5.75 Å². The van der Waals surface area contributed by atoms with E-state index in [1.165, 1.54) is 0 Å². The molecule has 5 heterocycles. The molecule has 2 N–H and O–H groups in total. The van der Waals surface area contributed by atoms with Crippen molar-refractivity contribution in [2.75, 3.05) is 48.0 Å². The third kappa shape index (κ3) is 4.98. The van der Waals surface area contributed by atoms with Crippen LogP contribution in [0, 0.1) is 0 Å². The Morgan fingerprint density at radius 3 is 2.97 bits per heavy atom. The Bertz CT molecular complexity index is 1170. The summed E-state index contributed by atoms with van der Waals surface area (Å²) in [6.45, 7) is 9.97. The Morgan fingerprint density at radius 1 is 1.33 bits per heavy atom. The number of nitrogens with one attached hydrogen (secondary N) is 2. The topological polar surface area (TPSA) is 118 Å². The number of urea groups is 1. The number of hydrogen-bond acceptors (Lipinski definition) is 8. The molecule has 0 saturated carbocycles. The minimum atomic E-state index is -0.619. The molecule has 2 aromatic rings. The van der Waals surface area contributed by atoms with Crippen molar-refractivity contribution < 1.29 is 23.8 Å². The molecule has 0 radical (unpaired) electrons. The summed E-state index contributed by atoms with van der Waals surface area (Å²) < 4.78 is 17.2. The molecular formula is C25H30N6O5. The number of pyridine rings is 2. The minimum Gasteiger partial charge on any atom is -0.491 e. The monoisotopic (exact) mass is 494 g/mol. The van der Waals surface area contributed by atoms with E-state index in [-0.39, 0.29) is 29.8 Å². The summed E-state index contributed by atoms with van der Waals surface area (Å²) in [7, 11) is 0. The average molecular weight is 495 g/mol. The quantitative estimate of drug-likeness (QED) is 0.564. The number of aromatic nitrogens is 2. The lowest BCUT2D eigenvalue weighted by Crippen LogP contribution is -2.48. The van der Waals surface area contributed by atoms with Crippen LogP contribution in [0.5, 0.6) is 5.75 Å². The van der Waals surface area contributed by atoms with Gasteiger partial charge >= 0.3 is 6.03 Å². The van der Waals surface area contributed by atoms with Crippen molar-refractivity contribution in [2.24, 2.45) is 0 Å². The molecule has 2 fully saturated rings. The van der Waals surface area contributed by atoms with Gasteiger partial charge in [-0.05, 0) is 38.5 Å². The zero-order chi connectivity index (χ0) is 25.3. The minimum absolute atomic E-state index is 0.0567. The Labute approximate surface area is 209 Å². The van der Waals surface area contributed by atoms with E-state index in [1.54, 1.807) is 35.4 Å². The maximum Gasteiger partial charge on any atom is 0.329 e. The van der Waals surface area contributed by atoms with Crippen LogP contribution in [0.1, 0.15) is 30.8 Å². The Balaban J connectivity index is 1.30. The highest BCUT2D eigenvalue weighted by Crippen LogP contribution is 2.39. The maximum atomic E-state index is 13.4. The zero-order valence-corrected chi connectivity index (χ0v) is 20.4. The van der Waals surface area contributed by atoms with Crippen molar-refractivity contribution in [1.29, 1.82) is 0 Å². The van der Waals surface area contributed by atoms with Crippen molar-refractivity contribution in [3.05, 3.63) is 48.8 Å². The lowest BCUT2D eigenvalue weighted by Gasteiger charge is -2.35. The predicted molar refractivity (Wildman–Crippen MR) is 134 cm³/mol. The molecule has 1 unspecified atom stereocenters. The first-order chi connectivity index (χ1) is 17.3. The van der Waals surface area contributed by atoms with Crippen LogP contribution < -0.4 is 25.2 Å². The third-order valence-corrected chi connectivity index (χ3v) is 6.28. The molecule has 3 amide bonds. The number of anilines is 3. The maximum absolute atomic E-state index is 13.4. The van der Waals surface area contributed by atoms with Gasteiger partial charge < -0.3 is 24.4 Å². The lowest BCUT2D eigenvalue weighted by molar-refractivity contribution is -0.141. The fraction of sp³-hybridized carbons (Fsp3) is 0.440. The molecule has 0 spiro atoms. The second-order valence-corrected chi connectivity index (χ2v) is 9.37. The smallest absolute Gasteiger partial charge is 0.329 e. The summed E-state index contributed by atoms with van der Waals surface area (Å²) in [6, 6.07) is 6.48. The Morgan fingerprint density at radius 2 is 2.19 bits per heavy atom. The molecule has 3 aliphatic heterocycles. The van der Waals surface area contributed by atoms with E-state index in [1.807, 2.05) is 19.9 Å². The van der Waals surface area contributed by atoms with Gasteiger partial charge in [-0.25, -0.2) is 14.8 Å². The van der Waals surface area contributed by atoms with Crippen molar-refractivity contribution >= 4 is 29.3 Å². The van der Waals surface area contributed by atoms with Gasteiger partial charge in [0.15, 0.2) is 11.6 Å². The predicted octanol–water partition coefficient (Wildman–Crippen LogP) is 2.55. The van der Waals surface area contributed by atoms with E-state index in [9.17, 15) is 9.59 Å². The van der Waals surface area contributed by atoms with Gasteiger partial charge in [-0.1, -0.05) is 6.08 Å². The largest absolute Gasteiger partial charge is 0.491 e. The number of carbonyl (C=O) groups is 2. The van der Waals surface area contributed by atoms with E-state index in [0.29, 0.717) is 43.7 Å². The van der Waals surface area contributed by atoms with Gasteiger partial charge in [-0.15, -0.1) is 6.58 Å². The van der Waals surface area contributed by atoms with Crippen LogP contribution in [-0.2, 0) is 9.47 Å². The van der Waals surface area contributed by atoms with Crippen LogP contribution in [0.2, 0.25) is 0 Å². The van der Waals surface area contributed by atoms with Gasteiger partial charge in [-0.3, -0.25) is 15.0 Å². The first-order valence-corrected chi connectivity index (χ1v) is 12.0. The van der Waals surface area contributed by atoms with Crippen LogP contribution in [0.4, 0.5) is 22.1 Å². The van der Waals surface area contributed by atoms with Crippen LogP contribution >= 0.6 is 0 Å². The van der Waals surface area contributed by atoms with Gasteiger partial charge in [0.2, 0.25) is 0 Å². The molecule has 2 bridgehead atoms. The molecular weight excluding hydrogens is 464 g/mol. The van der Waals surface area contributed by atoms with Crippen molar-refractivity contribution in [2.45, 2.75) is 38.2 Å². The molecule has 190 valence electrons. The summed E-state index contributed by atoms with van der Waals surface area (Å²) in [6.07, 6.45) is 3.80. The van der Waals surface area contributed by atoms with E-state index in [4.69, 9.17) is 14.2 Å². The summed E-state index contributed by atoms with van der Waals surface area (Å²) in [5.74, 6) is 0.423. The van der Waals surface area contributed by atoms with Gasteiger partial charge in [0.1, 0.15) is 30.0 Å². The van der Waals surface area contributed by atoms with E-state index in [2.05, 4.69) is 32.1 Å². The highest BCUT2D eigenvalue weighted by molar-refractivity contribution is 6.05. The number of amides is 3. The zero-order valence-electron chi connectivity index (χ0n) is 20.4. The summed E-state index contributed by atoms with van der Waals surface area (Å²) in [5, 5.41) is 5.59. The van der Waals surface area contributed by atoms with E-state index >= 15 is 0 Å². The molecule has 0 aliphatic carbocycles. The van der Waals surface area contributed by atoms with Crippen molar-refractivity contribution in [3.63, 3.8) is 0 Å².